The molecule has 0 N–H and O–H groups in total. The van der Waals surface area contributed by atoms with Gasteiger partial charge in [-0.1, -0.05) is 30.3 Å². The van der Waals surface area contributed by atoms with Crippen LogP contribution in [0.3, 0.4) is 0 Å². The summed E-state index contributed by atoms with van der Waals surface area (Å²) in [6, 6.07) is 10.9. The number of nitriles is 1. The molecule has 238 valence electrons. The van der Waals surface area contributed by atoms with Crippen LogP contribution in [0.25, 0.3) is 11.1 Å². The summed E-state index contributed by atoms with van der Waals surface area (Å²) in [6.07, 6.45) is 0.755. The van der Waals surface area contributed by atoms with Crippen molar-refractivity contribution in [2.45, 2.75) is 64.9 Å². The van der Waals surface area contributed by atoms with Gasteiger partial charge in [0, 0.05) is 54.8 Å². The average molecular weight is 640 g/mol. The van der Waals surface area contributed by atoms with Crippen LogP contribution in [0.2, 0.25) is 0 Å². The zero-order valence-electron chi connectivity index (χ0n) is 25.7. The first kappa shape index (κ1) is 32.4. The summed E-state index contributed by atoms with van der Waals surface area (Å²) in [5.41, 5.74) is 0.354. The highest BCUT2D eigenvalue weighted by Crippen LogP contribution is 2.44. The van der Waals surface area contributed by atoms with Gasteiger partial charge in [-0.25, -0.2) is 0 Å². The van der Waals surface area contributed by atoms with Crippen LogP contribution in [0, 0.1) is 17.2 Å². The Hall–Kier alpha value is -3.95. The Labute approximate surface area is 264 Å². The molecule has 12 heteroatoms. The molecule has 1 fully saturated rings. The normalized spacial score (nSPS) is 19.1. The Morgan fingerprint density at radius 2 is 1.91 bits per heavy atom. The maximum Gasteiger partial charge on any atom is 0.435 e. The molecule has 2 aliphatic rings. The van der Waals surface area contributed by atoms with Crippen molar-refractivity contribution >= 4 is 23.2 Å². The number of esters is 1. The number of nitrogens with zero attached hydrogens (tertiary/aromatic N) is 5. The molecule has 1 unspecified atom stereocenters. The van der Waals surface area contributed by atoms with Crippen molar-refractivity contribution in [3.63, 3.8) is 0 Å². The molecule has 2 aromatic heterocycles. The van der Waals surface area contributed by atoms with Gasteiger partial charge in [0.2, 0.25) is 5.91 Å². The molecule has 8 nitrogen and oxygen atoms in total. The maximum absolute atomic E-state index is 14.1. The Balaban J connectivity index is 1.37. The monoisotopic (exact) mass is 639 g/mol. The number of likely N-dealkylation sites (tertiary alicyclic amines) is 1. The van der Waals surface area contributed by atoms with Gasteiger partial charge in [-0.15, -0.1) is 11.3 Å². The maximum atomic E-state index is 14.1. The fraction of sp³-hybridized carbons (Fsp3) is 0.455. The summed E-state index contributed by atoms with van der Waals surface area (Å²) in [7, 11) is 0. The zero-order valence-corrected chi connectivity index (χ0v) is 26.5. The number of hydrogen-bond acceptors (Lipinski definition) is 7. The van der Waals surface area contributed by atoms with E-state index in [1.54, 1.807) is 48.2 Å². The van der Waals surface area contributed by atoms with Crippen LogP contribution in [0.5, 0.6) is 0 Å². The quantitative estimate of drug-likeness (QED) is 0.225. The largest absolute Gasteiger partial charge is 0.460 e. The Morgan fingerprint density at radius 1 is 1.16 bits per heavy atom. The van der Waals surface area contributed by atoms with Gasteiger partial charge in [-0.2, -0.15) is 23.5 Å². The molecule has 0 saturated carbocycles. The molecule has 45 heavy (non-hydrogen) atoms. The number of ether oxygens (including phenoxy) is 1. The third-order valence-corrected chi connectivity index (χ3v) is 9.03. The summed E-state index contributed by atoms with van der Waals surface area (Å²) < 4.78 is 49.0. The van der Waals surface area contributed by atoms with Gasteiger partial charge in [0.1, 0.15) is 16.5 Å². The first-order valence-electron chi connectivity index (χ1n) is 14.9. The SMILES string of the molecule is CCn1cc(-c2ccccc2[C@@H]2CN(C(=O)/C=C/CN3CCC(C(=O)OC(C)(C)C)C3)Cc3sc(C#N)cc32)c(C(F)(F)F)n1. The summed E-state index contributed by atoms with van der Waals surface area (Å²) in [5, 5.41) is 13.4. The molecule has 0 radical (unpaired) electrons. The highest BCUT2D eigenvalue weighted by molar-refractivity contribution is 7.12. The minimum atomic E-state index is -4.65. The van der Waals surface area contributed by atoms with Gasteiger partial charge in [-0.05, 0) is 63.4 Å². The number of amides is 1. The first-order chi connectivity index (χ1) is 21.3. The van der Waals surface area contributed by atoms with Crippen LogP contribution in [0.15, 0.2) is 48.7 Å². The average Bonchev–Trinajstić information content (AvgIpc) is 3.73. The van der Waals surface area contributed by atoms with Gasteiger partial charge in [0.15, 0.2) is 5.69 Å². The lowest BCUT2D eigenvalue weighted by atomic mass is 9.83. The number of alkyl halides is 3. The van der Waals surface area contributed by atoms with Crippen LogP contribution in [-0.2, 0) is 33.6 Å². The van der Waals surface area contributed by atoms with Crippen molar-refractivity contribution in [2.24, 2.45) is 5.92 Å². The number of carbonyl (C=O) groups excluding carboxylic acids is 2. The standard InChI is InChI=1S/C33H36F3N5O3S/c1-5-41-19-27(30(38-41)33(34,35)36)24-10-7-6-9-23(24)26-18-40(20-28-25(26)15-22(16-37)45-28)29(42)11-8-13-39-14-12-21(17-39)31(43)44-32(2,3)4/h6-11,15,19,21,26H,5,12-14,17-18,20H2,1-4H3/b11-8+/t21?,26-/m0/s1. The minimum Gasteiger partial charge on any atom is -0.460 e. The third-order valence-electron chi connectivity index (χ3n) is 7.99. The van der Waals surface area contributed by atoms with Gasteiger partial charge in [0.05, 0.1) is 12.5 Å². The first-order valence-corrected chi connectivity index (χ1v) is 15.8. The molecular weight excluding hydrogens is 603 g/mol. The van der Waals surface area contributed by atoms with Crippen molar-refractivity contribution in [2.75, 3.05) is 26.2 Å². The minimum absolute atomic E-state index is 0.0177. The van der Waals surface area contributed by atoms with E-state index >= 15 is 0 Å². The van der Waals surface area contributed by atoms with E-state index in [9.17, 15) is 28.0 Å². The van der Waals surface area contributed by atoms with Gasteiger partial charge in [0.25, 0.3) is 0 Å². The predicted octanol–water partition coefficient (Wildman–Crippen LogP) is 6.22. The number of aryl methyl sites for hydroxylation is 1. The van der Waals surface area contributed by atoms with Crippen molar-refractivity contribution in [3.8, 4) is 17.2 Å². The fourth-order valence-electron chi connectivity index (χ4n) is 5.93. The summed E-state index contributed by atoms with van der Waals surface area (Å²) >= 11 is 1.30. The van der Waals surface area contributed by atoms with E-state index in [2.05, 4.69) is 16.1 Å². The molecule has 2 atom stereocenters. The van der Waals surface area contributed by atoms with Crippen LogP contribution in [0.1, 0.15) is 66.6 Å². The summed E-state index contributed by atoms with van der Waals surface area (Å²) in [5.74, 6) is -1.09. The van der Waals surface area contributed by atoms with E-state index in [1.165, 1.54) is 28.3 Å². The van der Waals surface area contributed by atoms with Crippen molar-refractivity contribution in [1.29, 1.82) is 5.26 Å². The number of rotatable bonds is 7. The molecule has 1 aromatic carbocycles. The second kappa shape index (κ2) is 12.8. The molecule has 1 amide bonds. The smallest absolute Gasteiger partial charge is 0.435 e. The number of benzene rings is 1. The molecule has 0 aliphatic carbocycles. The van der Waals surface area contributed by atoms with Gasteiger partial charge in [-0.3, -0.25) is 19.2 Å². The van der Waals surface area contributed by atoms with Crippen LogP contribution in [-0.4, -0.2) is 63.2 Å². The molecule has 0 bridgehead atoms. The molecule has 1 saturated heterocycles. The number of aromatic nitrogens is 2. The zero-order chi connectivity index (χ0) is 32.5. The fourth-order valence-corrected chi connectivity index (χ4v) is 6.96. The highest BCUT2D eigenvalue weighted by Gasteiger charge is 2.39. The Morgan fingerprint density at radius 3 is 2.60 bits per heavy atom. The van der Waals surface area contributed by atoms with Gasteiger partial charge >= 0.3 is 12.1 Å². The molecule has 4 heterocycles. The van der Waals surface area contributed by atoms with E-state index < -0.39 is 23.4 Å². The number of thiophene rings is 1. The summed E-state index contributed by atoms with van der Waals surface area (Å²) in [6.45, 7) is 9.85. The van der Waals surface area contributed by atoms with Crippen LogP contribution in [0.4, 0.5) is 13.2 Å². The number of halogens is 3. The van der Waals surface area contributed by atoms with E-state index in [0.29, 0.717) is 42.1 Å². The second-order valence-electron chi connectivity index (χ2n) is 12.4. The molecule has 5 rings (SSSR count). The van der Waals surface area contributed by atoms with Crippen LogP contribution >= 0.6 is 11.3 Å². The number of carbonyl (C=O) groups is 2. The molecule has 0 spiro atoms. The highest BCUT2D eigenvalue weighted by atomic mass is 32.1. The lowest BCUT2D eigenvalue weighted by Gasteiger charge is -2.33. The van der Waals surface area contributed by atoms with Crippen molar-refractivity contribution in [1.82, 2.24) is 19.6 Å². The topological polar surface area (TPSA) is 91.5 Å². The van der Waals surface area contributed by atoms with Gasteiger partial charge < -0.3 is 9.64 Å². The van der Waals surface area contributed by atoms with E-state index in [4.69, 9.17) is 4.74 Å². The van der Waals surface area contributed by atoms with Crippen molar-refractivity contribution < 1.29 is 27.5 Å². The predicted molar refractivity (Wildman–Crippen MR) is 164 cm³/mol. The lowest BCUT2D eigenvalue weighted by molar-refractivity contribution is -0.159. The third kappa shape index (κ3) is 7.31. The molecule has 3 aromatic rings. The lowest BCUT2D eigenvalue weighted by Crippen LogP contribution is -2.37. The Kier molecular flexibility index (Phi) is 9.23. The molecular formula is C33H36F3N5O3S. The van der Waals surface area contributed by atoms with Crippen molar-refractivity contribution in [3.05, 3.63) is 75.3 Å². The number of hydrogen-bond donors (Lipinski definition) is 0. The Bertz CT molecular complexity index is 1650. The summed E-state index contributed by atoms with van der Waals surface area (Å²) in [4.78, 5) is 31.0. The second-order valence-corrected chi connectivity index (χ2v) is 13.5. The molecule has 2 aliphatic heterocycles. The van der Waals surface area contributed by atoms with E-state index in [0.717, 1.165) is 17.0 Å². The van der Waals surface area contributed by atoms with E-state index in [-0.39, 0.29) is 36.4 Å². The van der Waals surface area contributed by atoms with E-state index in [1.807, 2.05) is 20.8 Å². The number of fused-ring (bicyclic) bond motifs is 1. The van der Waals surface area contributed by atoms with Crippen LogP contribution < -0.4 is 0 Å².